The first-order valence-electron chi connectivity index (χ1n) is 5.83. The van der Waals surface area contributed by atoms with Gasteiger partial charge in [0.15, 0.2) is 0 Å². The van der Waals surface area contributed by atoms with Gasteiger partial charge in [-0.1, -0.05) is 12.1 Å². The van der Waals surface area contributed by atoms with E-state index in [1.807, 2.05) is 24.3 Å². The molecule has 0 spiro atoms. The Balaban J connectivity index is 2.13. The highest BCUT2D eigenvalue weighted by molar-refractivity contribution is 5.31. The van der Waals surface area contributed by atoms with Gasteiger partial charge in [-0.05, 0) is 17.7 Å². The monoisotopic (exact) mass is 231 g/mol. The number of rotatable bonds is 3. The summed E-state index contributed by atoms with van der Waals surface area (Å²) in [5, 5.41) is 12.6. The fraction of sp³-hybridized carbons (Fsp3) is 0.462. The molecule has 0 radical (unpaired) electrons. The largest absolute Gasteiger partial charge is 0.497 e. The summed E-state index contributed by atoms with van der Waals surface area (Å²) in [6.07, 6.45) is 0. The van der Waals surface area contributed by atoms with Crippen molar-refractivity contribution in [2.45, 2.75) is 6.04 Å². The van der Waals surface area contributed by atoms with Crippen LogP contribution in [0.3, 0.4) is 0 Å². The van der Waals surface area contributed by atoms with Crippen LogP contribution in [0, 0.1) is 11.3 Å². The lowest BCUT2D eigenvalue weighted by Crippen LogP contribution is -2.44. The predicted molar refractivity (Wildman–Crippen MR) is 65.8 cm³/mol. The quantitative estimate of drug-likeness (QED) is 0.848. The molecule has 0 unspecified atom stereocenters. The summed E-state index contributed by atoms with van der Waals surface area (Å²) < 4.78 is 5.12. The number of nitrogens with zero attached hydrogens (tertiary/aromatic N) is 2. The summed E-state index contributed by atoms with van der Waals surface area (Å²) >= 11 is 0. The molecule has 17 heavy (non-hydrogen) atoms. The number of nitrogens with one attached hydrogen (secondary N) is 1. The van der Waals surface area contributed by atoms with Crippen LogP contribution < -0.4 is 10.1 Å². The molecular weight excluding hydrogens is 214 g/mol. The summed E-state index contributed by atoms with van der Waals surface area (Å²) in [6.45, 7) is 3.75. The Morgan fingerprint density at radius 2 is 1.94 bits per heavy atom. The zero-order valence-corrected chi connectivity index (χ0v) is 10.0. The number of methoxy groups -OCH3 is 1. The fourth-order valence-corrected chi connectivity index (χ4v) is 2.09. The van der Waals surface area contributed by atoms with Gasteiger partial charge in [0.2, 0.25) is 0 Å². The topological polar surface area (TPSA) is 48.3 Å². The molecule has 90 valence electrons. The molecular formula is C13H17N3O. The molecule has 1 aliphatic rings. The van der Waals surface area contributed by atoms with Crippen molar-refractivity contribution in [2.24, 2.45) is 0 Å². The smallest absolute Gasteiger partial charge is 0.123 e. The number of ether oxygens (including phenoxy) is 1. The molecule has 0 amide bonds. The molecule has 0 aromatic heterocycles. The molecule has 1 heterocycles. The average Bonchev–Trinajstić information content (AvgIpc) is 2.42. The van der Waals surface area contributed by atoms with E-state index in [2.05, 4.69) is 16.3 Å². The van der Waals surface area contributed by atoms with E-state index >= 15 is 0 Å². The van der Waals surface area contributed by atoms with Crippen molar-refractivity contribution in [1.82, 2.24) is 10.2 Å². The van der Waals surface area contributed by atoms with E-state index in [0.29, 0.717) is 0 Å². The molecule has 1 N–H and O–H groups in total. The molecule has 1 fully saturated rings. The number of benzene rings is 1. The normalized spacial score (nSPS) is 18.4. The SMILES string of the molecule is COc1ccc([C@@H](C#N)N2CCNCC2)cc1. The third-order valence-corrected chi connectivity index (χ3v) is 3.07. The van der Waals surface area contributed by atoms with Gasteiger partial charge >= 0.3 is 0 Å². The van der Waals surface area contributed by atoms with E-state index in [-0.39, 0.29) is 6.04 Å². The lowest BCUT2D eigenvalue weighted by Gasteiger charge is -2.31. The van der Waals surface area contributed by atoms with Crippen LogP contribution in [0.5, 0.6) is 5.75 Å². The highest BCUT2D eigenvalue weighted by atomic mass is 16.5. The van der Waals surface area contributed by atoms with E-state index in [1.54, 1.807) is 7.11 Å². The van der Waals surface area contributed by atoms with Crippen LogP contribution in [-0.2, 0) is 0 Å². The maximum atomic E-state index is 9.31. The van der Waals surface area contributed by atoms with Gasteiger partial charge in [0.05, 0.1) is 13.2 Å². The maximum Gasteiger partial charge on any atom is 0.123 e. The van der Waals surface area contributed by atoms with Crippen LogP contribution in [0.2, 0.25) is 0 Å². The zero-order chi connectivity index (χ0) is 12.1. The van der Waals surface area contributed by atoms with E-state index in [1.165, 1.54) is 0 Å². The van der Waals surface area contributed by atoms with Crippen LogP contribution in [0.4, 0.5) is 0 Å². The van der Waals surface area contributed by atoms with E-state index < -0.39 is 0 Å². The lowest BCUT2D eigenvalue weighted by molar-refractivity contribution is 0.207. The minimum atomic E-state index is -0.150. The summed E-state index contributed by atoms with van der Waals surface area (Å²) in [5.41, 5.74) is 1.04. The molecule has 0 aliphatic carbocycles. The van der Waals surface area contributed by atoms with E-state index in [4.69, 9.17) is 4.74 Å². The number of nitriles is 1. The van der Waals surface area contributed by atoms with Crippen LogP contribution >= 0.6 is 0 Å². The summed E-state index contributed by atoms with van der Waals surface area (Å²) in [7, 11) is 1.65. The molecule has 0 bridgehead atoms. The molecule has 4 nitrogen and oxygen atoms in total. The van der Waals surface area contributed by atoms with Crippen LogP contribution in [0.25, 0.3) is 0 Å². The Hall–Kier alpha value is -1.57. The standard InChI is InChI=1S/C13H17N3O/c1-17-12-4-2-11(3-5-12)13(10-14)16-8-6-15-7-9-16/h2-5,13,15H,6-9H2,1H3/t13-/m1/s1. The second kappa shape index (κ2) is 5.67. The maximum absolute atomic E-state index is 9.31. The highest BCUT2D eigenvalue weighted by Crippen LogP contribution is 2.22. The molecule has 0 saturated carbocycles. The molecule has 1 aromatic rings. The molecule has 4 heteroatoms. The Bertz CT molecular complexity index is 390. The third kappa shape index (κ3) is 2.76. The van der Waals surface area contributed by atoms with Crippen molar-refractivity contribution in [3.05, 3.63) is 29.8 Å². The highest BCUT2D eigenvalue weighted by Gasteiger charge is 2.21. The van der Waals surface area contributed by atoms with E-state index in [0.717, 1.165) is 37.5 Å². The van der Waals surface area contributed by atoms with Gasteiger partial charge in [0, 0.05) is 26.2 Å². The number of piperazine rings is 1. The predicted octanol–water partition coefficient (Wildman–Crippen LogP) is 1.17. The van der Waals surface area contributed by atoms with Gasteiger partial charge in [0.25, 0.3) is 0 Å². The molecule has 1 atom stereocenters. The third-order valence-electron chi connectivity index (χ3n) is 3.07. The second-order valence-corrected chi connectivity index (χ2v) is 4.09. The first kappa shape index (κ1) is 11.9. The van der Waals surface area contributed by atoms with E-state index in [9.17, 15) is 5.26 Å². The van der Waals surface area contributed by atoms with Crippen LogP contribution in [-0.4, -0.2) is 38.2 Å². The van der Waals surface area contributed by atoms with Crippen molar-refractivity contribution in [3.63, 3.8) is 0 Å². The minimum absolute atomic E-state index is 0.150. The average molecular weight is 231 g/mol. The number of hydrogen-bond acceptors (Lipinski definition) is 4. The summed E-state index contributed by atoms with van der Waals surface area (Å²) in [5.74, 6) is 0.825. The van der Waals surface area contributed by atoms with Gasteiger partial charge in [-0.25, -0.2) is 0 Å². The first-order valence-corrected chi connectivity index (χ1v) is 5.83. The lowest BCUT2D eigenvalue weighted by atomic mass is 10.1. The van der Waals surface area contributed by atoms with Crippen molar-refractivity contribution < 1.29 is 4.74 Å². The molecule has 1 saturated heterocycles. The number of hydrogen-bond donors (Lipinski definition) is 1. The van der Waals surface area contributed by atoms with Gasteiger partial charge in [-0.2, -0.15) is 5.26 Å². The van der Waals surface area contributed by atoms with Crippen molar-refractivity contribution in [1.29, 1.82) is 5.26 Å². The van der Waals surface area contributed by atoms with Crippen LogP contribution in [0.15, 0.2) is 24.3 Å². The van der Waals surface area contributed by atoms with Gasteiger partial charge < -0.3 is 10.1 Å². The Kier molecular flexibility index (Phi) is 3.97. The zero-order valence-electron chi connectivity index (χ0n) is 10.0. The summed E-state index contributed by atoms with van der Waals surface area (Å²) in [4.78, 5) is 2.21. The first-order chi connectivity index (χ1) is 8.35. The Labute approximate surface area is 102 Å². The van der Waals surface area contributed by atoms with Gasteiger partial charge in [-0.15, -0.1) is 0 Å². The molecule has 1 aliphatic heterocycles. The second-order valence-electron chi connectivity index (χ2n) is 4.09. The fourth-order valence-electron chi connectivity index (χ4n) is 2.09. The minimum Gasteiger partial charge on any atom is -0.497 e. The summed E-state index contributed by atoms with van der Waals surface area (Å²) in [6, 6.07) is 9.98. The van der Waals surface area contributed by atoms with Crippen LogP contribution in [0.1, 0.15) is 11.6 Å². The Morgan fingerprint density at radius 3 is 2.47 bits per heavy atom. The van der Waals surface area contributed by atoms with Crippen molar-refractivity contribution in [3.8, 4) is 11.8 Å². The van der Waals surface area contributed by atoms with Gasteiger partial charge in [-0.3, -0.25) is 4.90 Å². The molecule has 1 aromatic carbocycles. The molecule has 2 rings (SSSR count). The Morgan fingerprint density at radius 1 is 1.29 bits per heavy atom. The van der Waals surface area contributed by atoms with Gasteiger partial charge in [0.1, 0.15) is 11.8 Å². The van der Waals surface area contributed by atoms with Crippen molar-refractivity contribution >= 4 is 0 Å². The van der Waals surface area contributed by atoms with Crippen molar-refractivity contribution in [2.75, 3.05) is 33.3 Å².